The van der Waals surface area contributed by atoms with Crippen LogP contribution in [0.1, 0.15) is 0 Å². The van der Waals surface area contributed by atoms with E-state index in [-0.39, 0.29) is 6.61 Å². The highest BCUT2D eigenvalue weighted by atomic mass is 35.5. The maximum Gasteiger partial charge on any atom is 0.221 e. The molecule has 0 amide bonds. The molecule has 1 unspecified atom stereocenters. The van der Waals surface area contributed by atoms with Gasteiger partial charge in [0.2, 0.25) is 5.88 Å². The molecule has 1 aliphatic rings. The Morgan fingerprint density at radius 3 is 2.70 bits per heavy atom. The quantitative estimate of drug-likeness (QED) is 0.753. The Morgan fingerprint density at radius 1 is 1.19 bits per heavy atom. The third kappa shape index (κ3) is 5.70. The second kappa shape index (κ2) is 9.57. The second-order valence-corrected chi connectivity index (χ2v) is 7.14. The second-order valence-electron chi connectivity index (χ2n) is 6.26. The normalized spacial score (nSPS) is 16.1. The standard InChI is InChI=1S/C19H22Cl2N2O4/c1-25-19-18(9-15(21)10-22-19)13-6-14(20)8-17(7-13)27-12-16(24)11-23-2-4-26-5-3-23/h6-10,16,24H,2-5,11-12H2,1H3. The number of aliphatic hydroxyl groups is 1. The molecule has 146 valence electrons. The number of hydrogen-bond acceptors (Lipinski definition) is 6. The van der Waals surface area contributed by atoms with Gasteiger partial charge in [0.25, 0.3) is 0 Å². The smallest absolute Gasteiger partial charge is 0.221 e. The maximum atomic E-state index is 10.2. The maximum absolute atomic E-state index is 10.2. The van der Waals surface area contributed by atoms with E-state index in [1.807, 2.05) is 6.07 Å². The number of methoxy groups -OCH3 is 1. The average Bonchev–Trinajstić information content (AvgIpc) is 2.67. The van der Waals surface area contributed by atoms with Crippen LogP contribution >= 0.6 is 23.2 Å². The van der Waals surface area contributed by atoms with Crippen LogP contribution in [0.3, 0.4) is 0 Å². The van der Waals surface area contributed by atoms with E-state index in [1.165, 1.54) is 6.20 Å². The molecule has 3 rings (SSSR count). The first-order valence-electron chi connectivity index (χ1n) is 8.66. The van der Waals surface area contributed by atoms with Crippen molar-refractivity contribution in [2.45, 2.75) is 6.10 Å². The Morgan fingerprint density at radius 2 is 1.96 bits per heavy atom. The summed E-state index contributed by atoms with van der Waals surface area (Å²) in [5.41, 5.74) is 1.48. The van der Waals surface area contributed by atoms with Gasteiger partial charge in [0, 0.05) is 36.4 Å². The van der Waals surface area contributed by atoms with Crippen LogP contribution in [0.5, 0.6) is 11.6 Å². The molecule has 1 N–H and O–H groups in total. The number of ether oxygens (including phenoxy) is 3. The van der Waals surface area contributed by atoms with Crippen molar-refractivity contribution >= 4 is 23.2 Å². The summed E-state index contributed by atoms with van der Waals surface area (Å²) in [6.45, 7) is 3.74. The zero-order valence-corrected chi connectivity index (χ0v) is 16.5. The number of halogens is 2. The summed E-state index contributed by atoms with van der Waals surface area (Å²) in [6, 6.07) is 7.07. The summed E-state index contributed by atoms with van der Waals surface area (Å²) >= 11 is 12.3. The SMILES string of the molecule is COc1ncc(Cl)cc1-c1cc(Cl)cc(OCC(O)CN2CCOCC2)c1. The summed E-state index contributed by atoms with van der Waals surface area (Å²) < 4.78 is 16.4. The fourth-order valence-corrected chi connectivity index (χ4v) is 3.31. The van der Waals surface area contributed by atoms with Crippen molar-refractivity contribution in [2.75, 3.05) is 46.6 Å². The number of aliphatic hydroxyl groups excluding tert-OH is 1. The van der Waals surface area contributed by atoms with Crippen LogP contribution in [0, 0.1) is 0 Å². The molecule has 0 bridgehead atoms. The molecule has 1 aliphatic heterocycles. The first-order chi connectivity index (χ1) is 13.0. The molecular weight excluding hydrogens is 391 g/mol. The summed E-state index contributed by atoms with van der Waals surface area (Å²) in [7, 11) is 1.55. The number of benzene rings is 1. The monoisotopic (exact) mass is 412 g/mol. The number of rotatable bonds is 7. The Balaban J connectivity index is 1.69. The largest absolute Gasteiger partial charge is 0.491 e. The molecule has 1 saturated heterocycles. The van der Waals surface area contributed by atoms with E-state index in [9.17, 15) is 5.11 Å². The van der Waals surface area contributed by atoms with Crippen molar-refractivity contribution < 1.29 is 19.3 Å². The minimum atomic E-state index is -0.604. The molecule has 1 aromatic heterocycles. The van der Waals surface area contributed by atoms with Crippen LogP contribution < -0.4 is 9.47 Å². The van der Waals surface area contributed by atoms with Crippen LogP contribution in [-0.4, -0.2) is 67.7 Å². The van der Waals surface area contributed by atoms with E-state index in [0.717, 1.165) is 18.7 Å². The van der Waals surface area contributed by atoms with Gasteiger partial charge in [-0.3, -0.25) is 4.90 Å². The van der Waals surface area contributed by atoms with Crippen LogP contribution in [0.4, 0.5) is 0 Å². The lowest BCUT2D eigenvalue weighted by atomic mass is 10.1. The molecule has 8 heteroatoms. The Kier molecular flexibility index (Phi) is 7.15. The highest BCUT2D eigenvalue weighted by Gasteiger charge is 2.16. The molecule has 1 fully saturated rings. The van der Waals surface area contributed by atoms with Gasteiger partial charge in [-0.2, -0.15) is 0 Å². The van der Waals surface area contributed by atoms with E-state index >= 15 is 0 Å². The molecule has 0 saturated carbocycles. The Hall–Kier alpha value is -1.57. The lowest BCUT2D eigenvalue weighted by Gasteiger charge is -2.28. The fraction of sp³-hybridized carbons (Fsp3) is 0.421. The topological polar surface area (TPSA) is 64.0 Å². The average molecular weight is 413 g/mol. The number of aromatic nitrogens is 1. The first kappa shape index (κ1) is 20.2. The minimum Gasteiger partial charge on any atom is -0.491 e. The van der Waals surface area contributed by atoms with E-state index < -0.39 is 6.10 Å². The van der Waals surface area contributed by atoms with Crippen molar-refractivity contribution in [1.82, 2.24) is 9.88 Å². The fourth-order valence-electron chi connectivity index (χ4n) is 2.92. The van der Waals surface area contributed by atoms with Gasteiger partial charge in [0.1, 0.15) is 18.5 Å². The number of nitrogens with zero attached hydrogens (tertiary/aromatic N) is 2. The minimum absolute atomic E-state index is 0.169. The van der Waals surface area contributed by atoms with Gasteiger partial charge in [-0.25, -0.2) is 4.98 Å². The van der Waals surface area contributed by atoms with E-state index in [0.29, 0.717) is 47.0 Å². The molecule has 27 heavy (non-hydrogen) atoms. The zero-order valence-electron chi connectivity index (χ0n) is 15.0. The summed E-state index contributed by atoms with van der Waals surface area (Å²) in [6.07, 6.45) is 0.918. The van der Waals surface area contributed by atoms with Gasteiger partial charge in [-0.1, -0.05) is 23.2 Å². The van der Waals surface area contributed by atoms with E-state index in [1.54, 1.807) is 25.3 Å². The van der Waals surface area contributed by atoms with Gasteiger partial charge in [0.15, 0.2) is 0 Å². The Bertz CT molecular complexity index is 769. The van der Waals surface area contributed by atoms with Gasteiger partial charge in [-0.05, 0) is 29.8 Å². The van der Waals surface area contributed by atoms with Crippen LogP contribution in [0.25, 0.3) is 11.1 Å². The van der Waals surface area contributed by atoms with Gasteiger partial charge in [0.05, 0.1) is 25.3 Å². The highest BCUT2D eigenvalue weighted by molar-refractivity contribution is 6.31. The number of pyridine rings is 1. The van der Waals surface area contributed by atoms with Crippen LogP contribution in [-0.2, 0) is 4.74 Å². The lowest BCUT2D eigenvalue weighted by Crippen LogP contribution is -2.42. The summed E-state index contributed by atoms with van der Waals surface area (Å²) in [5.74, 6) is 1.00. The summed E-state index contributed by atoms with van der Waals surface area (Å²) in [4.78, 5) is 6.33. The molecule has 0 radical (unpaired) electrons. The van der Waals surface area contributed by atoms with Crippen LogP contribution in [0.15, 0.2) is 30.5 Å². The zero-order chi connectivity index (χ0) is 19.2. The molecule has 2 heterocycles. The van der Waals surface area contributed by atoms with Crippen molar-refractivity contribution in [1.29, 1.82) is 0 Å². The Labute approximate surface area is 168 Å². The van der Waals surface area contributed by atoms with Gasteiger partial charge in [-0.15, -0.1) is 0 Å². The predicted octanol–water partition coefficient (Wildman–Crippen LogP) is 3.14. The predicted molar refractivity (Wildman–Crippen MR) is 105 cm³/mol. The van der Waals surface area contributed by atoms with Gasteiger partial charge >= 0.3 is 0 Å². The van der Waals surface area contributed by atoms with E-state index in [2.05, 4.69) is 9.88 Å². The van der Waals surface area contributed by atoms with Crippen molar-refractivity contribution in [3.8, 4) is 22.8 Å². The molecule has 0 spiro atoms. The number of hydrogen-bond donors (Lipinski definition) is 1. The lowest BCUT2D eigenvalue weighted by molar-refractivity contribution is 0.00466. The molecule has 2 aromatic rings. The number of morpholine rings is 1. The third-order valence-electron chi connectivity index (χ3n) is 4.21. The van der Waals surface area contributed by atoms with Crippen molar-refractivity contribution in [2.24, 2.45) is 0 Å². The van der Waals surface area contributed by atoms with Gasteiger partial charge < -0.3 is 19.3 Å². The molecule has 1 atom stereocenters. The van der Waals surface area contributed by atoms with Crippen molar-refractivity contribution in [3.05, 3.63) is 40.5 Å². The number of β-amino-alcohol motifs (C(OH)–C–C–N with tert-alkyl or cyclic N) is 1. The summed E-state index contributed by atoms with van der Waals surface area (Å²) in [5, 5.41) is 11.3. The van der Waals surface area contributed by atoms with E-state index in [4.69, 9.17) is 37.4 Å². The first-order valence-corrected chi connectivity index (χ1v) is 9.42. The van der Waals surface area contributed by atoms with Crippen molar-refractivity contribution in [3.63, 3.8) is 0 Å². The highest BCUT2D eigenvalue weighted by Crippen LogP contribution is 2.34. The third-order valence-corrected chi connectivity index (χ3v) is 4.63. The van der Waals surface area contributed by atoms with Crippen LogP contribution in [0.2, 0.25) is 10.0 Å². The molecule has 1 aromatic carbocycles. The molecule has 6 nitrogen and oxygen atoms in total. The molecule has 0 aliphatic carbocycles. The molecular formula is C19H22Cl2N2O4.